The van der Waals surface area contributed by atoms with Gasteiger partial charge in [-0.3, -0.25) is 4.90 Å². The molecule has 1 fully saturated rings. The second-order valence-electron chi connectivity index (χ2n) is 7.77. The Bertz CT molecular complexity index is 914. The Kier molecular flexibility index (Phi) is 7.00. The van der Waals surface area contributed by atoms with Gasteiger partial charge in [0.2, 0.25) is 0 Å². The lowest BCUT2D eigenvalue weighted by Crippen LogP contribution is -2.38. The van der Waals surface area contributed by atoms with Crippen LogP contribution in [0.5, 0.6) is 5.75 Å². The Morgan fingerprint density at radius 1 is 1.00 bits per heavy atom. The minimum atomic E-state index is -0.507. The fraction of sp³-hybridized carbons (Fsp3) is 0.375. The van der Waals surface area contributed by atoms with Crippen LogP contribution in [0.25, 0.3) is 11.1 Å². The molecule has 1 N–H and O–H groups in total. The van der Waals surface area contributed by atoms with Crippen LogP contribution in [0.4, 0.5) is 5.13 Å². The van der Waals surface area contributed by atoms with Gasteiger partial charge in [-0.25, -0.2) is 4.98 Å². The summed E-state index contributed by atoms with van der Waals surface area (Å²) in [7, 11) is 0. The number of β-amino-alcohol motifs (C(OH)–C–C–N with tert-alkyl or cyclic N) is 1. The molecule has 1 aliphatic heterocycles. The van der Waals surface area contributed by atoms with E-state index in [2.05, 4.69) is 44.4 Å². The largest absolute Gasteiger partial charge is 0.491 e. The first-order chi connectivity index (χ1) is 14.7. The van der Waals surface area contributed by atoms with Crippen molar-refractivity contribution in [2.24, 2.45) is 0 Å². The molecule has 0 amide bonds. The van der Waals surface area contributed by atoms with Crippen molar-refractivity contribution in [3.8, 4) is 16.9 Å². The van der Waals surface area contributed by atoms with Crippen molar-refractivity contribution in [2.75, 3.05) is 44.2 Å². The minimum absolute atomic E-state index is 0.302. The average Bonchev–Trinajstić information content (AvgIpc) is 3.08. The summed E-state index contributed by atoms with van der Waals surface area (Å²) in [5.41, 5.74) is 3.43. The van der Waals surface area contributed by atoms with Crippen LogP contribution in [0.2, 0.25) is 0 Å². The van der Waals surface area contributed by atoms with Crippen molar-refractivity contribution in [3.63, 3.8) is 0 Å². The number of hydrogen-bond acceptors (Lipinski definition) is 6. The molecular weight excluding hydrogens is 394 g/mol. The topological polar surface area (TPSA) is 48.8 Å². The van der Waals surface area contributed by atoms with E-state index in [0.717, 1.165) is 54.7 Å². The third-order valence-electron chi connectivity index (χ3n) is 5.34. The summed E-state index contributed by atoms with van der Waals surface area (Å²) in [6.07, 6.45) is 0.570. The minimum Gasteiger partial charge on any atom is -0.491 e. The lowest BCUT2D eigenvalue weighted by Gasteiger charge is -2.24. The zero-order valence-corrected chi connectivity index (χ0v) is 18.2. The number of anilines is 1. The first kappa shape index (κ1) is 20.8. The Balaban J connectivity index is 1.23. The van der Waals surface area contributed by atoms with Gasteiger partial charge >= 0.3 is 0 Å². The fourth-order valence-electron chi connectivity index (χ4n) is 3.75. The van der Waals surface area contributed by atoms with E-state index >= 15 is 0 Å². The van der Waals surface area contributed by atoms with Gasteiger partial charge in [0.15, 0.2) is 5.13 Å². The van der Waals surface area contributed by atoms with Gasteiger partial charge in [-0.2, -0.15) is 0 Å². The van der Waals surface area contributed by atoms with Gasteiger partial charge in [-0.1, -0.05) is 42.5 Å². The van der Waals surface area contributed by atoms with Gasteiger partial charge in [0, 0.05) is 31.6 Å². The molecule has 30 heavy (non-hydrogen) atoms. The van der Waals surface area contributed by atoms with E-state index in [1.165, 1.54) is 5.56 Å². The van der Waals surface area contributed by atoms with Crippen LogP contribution in [-0.4, -0.2) is 60.4 Å². The maximum absolute atomic E-state index is 10.5. The number of aryl methyl sites for hydroxylation is 1. The first-order valence-corrected chi connectivity index (χ1v) is 11.4. The molecule has 2 heterocycles. The standard InChI is InChI=1S/C24H29N3O2S/c1-19-18-30-24(25-19)27-13-5-12-26(14-15-27)16-22(28)17-29-23-10-8-21(9-11-23)20-6-3-2-4-7-20/h2-4,6-11,18,22,28H,5,12-17H2,1H3. The number of ether oxygens (including phenoxy) is 1. The molecule has 0 radical (unpaired) electrons. The first-order valence-electron chi connectivity index (χ1n) is 10.5. The van der Waals surface area contributed by atoms with Gasteiger partial charge in [0.05, 0.1) is 5.69 Å². The van der Waals surface area contributed by atoms with E-state index in [0.29, 0.717) is 13.2 Å². The molecule has 6 heteroatoms. The van der Waals surface area contributed by atoms with Crippen molar-refractivity contribution in [2.45, 2.75) is 19.4 Å². The summed E-state index contributed by atoms with van der Waals surface area (Å²) >= 11 is 1.71. The normalized spacial score (nSPS) is 16.3. The molecule has 158 valence electrons. The number of aromatic nitrogens is 1. The number of benzene rings is 2. The molecule has 1 aliphatic rings. The van der Waals surface area contributed by atoms with Crippen LogP contribution in [0.15, 0.2) is 60.0 Å². The Labute approximate surface area is 182 Å². The van der Waals surface area contributed by atoms with Crippen molar-refractivity contribution in [3.05, 3.63) is 65.7 Å². The highest BCUT2D eigenvalue weighted by atomic mass is 32.1. The second kappa shape index (κ2) is 10.1. The number of rotatable bonds is 7. The molecule has 2 aromatic carbocycles. The van der Waals surface area contributed by atoms with Crippen molar-refractivity contribution < 1.29 is 9.84 Å². The summed E-state index contributed by atoms with van der Waals surface area (Å²) < 4.78 is 5.83. The molecule has 0 aliphatic carbocycles. The number of nitrogens with zero attached hydrogens (tertiary/aromatic N) is 3. The Morgan fingerprint density at radius 2 is 1.77 bits per heavy atom. The predicted molar refractivity (Wildman–Crippen MR) is 124 cm³/mol. The molecule has 1 atom stereocenters. The van der Waals surface area contributed by atoms with E-state index in [1.807, 2.05) is 37.3 Å². The van der Waals surface area contributed by atoms with E-state index in [-0.39, 0.29) is 0 Å². The van der Waals surface area contributed by atoms with Crippen LogP contribution in [0.1, 0.15) is 12.1 Å². The molecule has 1 aromatic heterocycles. The number of thiazole rings is 1. The number of aliphatic hydroxyl groups excluding tert-OH is 1. The van der Waals surface area contributed by atoms with E-state index in [1.54, 1.807) is 11.3 Å². The smallest absolute Gasteiger partial charge is 0.185 e. The van der Waals surface area contributed by atoms with Crippen molar-refractivity contribution >= 4 is 16.5 Å². The predicted octanol–water partition coefficient (Wildman–Crippen LogP) is 4.07. The average molecular weight is 424 g/mol. The van der Waals surface area contributed by atoms with Crippen molar-refractivity contribution in [1.82, 2.24) is 9.88 Å². The molecule has 0 saturated carbocycles. The molecule has 0 spiro atoms. The Morgan fingerprint density at radius 3 is 2.50 bits per heavy atom. The quantitative estimate of drug-likeness (QED) is 0.621. The number of aliphatic hydroxyl groups is 1. The maximum Gasteiger partial charge on any atom is 0.185 e. The van der Waals surface area contributed by atoms with Crippen LogP contribution in [0, 0.1) is 6.92 Å². The zero-order chi connectivity index (χ0) is 20.8. The summed E-state index contributed by atoms with van der Waals surface area (Å²) in [6, 6.07) is 18.3. The molecule has 3 aromatic rings. The van der Waals surface area contributed by atoms with Crippen LogP contribution in [-0.2, 0) is 0 Å². The van der Waals surface area contributed by atoms with Gasteiger partial charge in [0.1, 0.15) is 18.5 Å². The van der Waals surface area contributed by atoms with Gasteiger partial charge in [-0.15, -0.1) is 11.3 Å². The summed E-state index contributed by atoms with van der Waals surface area (Å²) in [5.74, 6) is 0.787. The summed E-state index contributed by atoms with van der Waals surface area (Å²) in [5, 5.41) is 13.7. The molecule has 0 bridgehead atoms. The maximum atomic E-state index is 10.5. The molecule has 4 rings (SSSR count). The highest BCUT2D eigenvalue weighted by molar-refractivity contribution is 7.13. The molecule has 5 nitrogen and oxygen atoms in total. The highest BCUT2D eigenvalue weighted by Crippen LogP contribution is 2.23. The second-order valence-corrected chi connectivity index (χ2v) is 8.60. The van der Waals surface area contributed by atoms with E-state index < -0.39 is 6.10 Å². The molecule has 1 saturated heterocycles. The van der Waals surface area contributed by atoms with E-state index in [9.17, 15) is 5.11 Å². The number of hydrogen-bond donors (Lipinski definition) is 1. The third-order valence-corrected chi connectivity index (χ3v) is 6.36. The summed E-state index contributed by atoms with van der Waals surface area (Å²) in [6.45, 7) is 6.86. The molecule has 1 unspecified atom stereocenters. The van der Waals surface area contributed by atoms with Crippen LogP contribution in [0.3, 0.4) is 0 Å². The Hall–Kier alpha value is -2.41. The van der Waals surface area contributed by atoms with Gasteiger partial charge < -0.3 is 14.7 Å². The fourth-order valence-corrected chi connectivity index (χ4v) is 4.61. The van der Waals surface area contributed by atoms with Gasteiger partial charge in [-0.05, 0) is 43.1 Å². The van der Waals surface area contributed by atoms with Crippen LogP contribution < -0.4 is 9.64 Å². The lowest BCUT2D eigenvalue weighted by molar-refractivity contribution is 0.0705. The monoisotopic (exact) mass is 423 g/mol. The SMILES string of the molecule is Cc1csc(N2CCCN(CC(O)COc3ccc(-c4ccccc4)cc3)CC2)n1. The summed E-state index contributed by atoms with van der Waals surface area (Å²) in [4.78, 5) is 9.29. The molecular formula is C24H29N3O2S. The van der Waals surface area contributed by atoms with E-state index in [4.69, 9.17) is 4.74 Å². The highest BCUT2D eigenvalue weighted by Gasteiger charge is 2.19. The lowest BCUT2D eigenvalue weighted by atomic mass is 10.1. The van der Waals surface area contributed by atoms with Gasteiger partial charge in [0.25, 0.3) is 0 Å². The zero-order valence-electron chi connectivity index (χ0n) is 17.4. The van der Waals surface area contributed by atoms with Crippen LogP contribution >= 0.6 is 11.3 Å². The van der Waals surface area contributed by atoms with Crippen molar-refractivity contribution in [1.29, 1.82) is 0 Å². The third kappa shape index (κ3) is 5.59.